The van der Waals surface area contributed by atoms with Gasteiger partial charge in [-0.05, 0) is 13.1 Å². The molecule has 3 unspecified atom stereocenters. The van der Waals surface area contributed by atoms with E-state index in [1.165, 1.54) is 0 Å². The normalized spacial score (nSPS) is 34.4. The van der Waals surface area contributed by atoms with Crippen LogP contribution in [0, 0.1) is 0 Å². The number of Topliss-reactive ketones (excluding diaryl/α,β-unsaturated/α-hetero) is 1. The lowest BCUT2D eigenvalue weighted by Crippen LogP contribution is -2.32. The van der Waals surface area contributed by atoms with E-state index < -0.39 is 0 Å². The number of rotatable bonds is 1. The Morgan fingerprint density at radius 3 is 2.90 bits per heavy atom. The van der Waals surface area contributed by atoms with Gasteiger partial charge in [0.2, 0.25) is 0 Å². The quantitative estimate of drug-likeness (QED) is 0.535. The molecule has 1 aliphatic rings. The fraction of sp³-hybridized carbons (Fsp3) is 0.857. The Hall–Kier alpha value is 0.0600. The van der Waals surface area contributed by atoms with Gasteiger partial charge in [-0.3, -0.25) is 4.79 Å². The molecule has 3 atom stereocenters. The van der Waals surface area contributed by atoms with Gasteiger partial charge in [-0.25, -0.2) is 0 Å². The first-order valence-electron chi connectivity index (χ1n) is 3.59. The lowest BCUT2D eigenvalue weighted by Gasteiger charge is -2.25. The van der Waals surface area contributed by atoms with Gasteiger partial charge in [0.15, 0.2) is 0 Å². The Morgan fingerprint density at radius 1 is 1.70 bits per heavy atom. The van der Waals surface area contributed by atoms with Gasteiger partial charge in [-0.15, -0.1) is 9.24 Å². The standard InChI is InChI=1S/C7H13O2P/c1-5-2-6(8)3-7(4-10)9-5/h5,7H,2-4,10H2,1H3. The third kappa shape index (κ3) is 2.03. The number of hydrogen-bond acceptors (Lipinski definition) is 2. The minimum atomic E-state index is 0.131. The Balaban J connectivity index is 2.42. The van der Waals surface area contributed by atoms with E-state index in [0.717, 1.165) is 6.16 Å². The van der Waals surface area contributed by atoms with Crippen LogP contribution in [0.15, 0.2) is 0 Å². The molecule has 10 heavy (non-hydrogen) atoms. The maximum absolute atomic E-state index is 11.0. The van der Waals surface area contributed by atoms with Crippen molar-refractivity contribution in [3.63, 3.8) is 0 Å². The van der Waals surface area contributed by atoms with Crippen molar-refractivity contribution in [2.24, 2.45) is 0 Å². The van der Waals surface area contributed by atoms with E-state index in [4.69, 9.17) is 4.74 Å². The summed E-state index contributed by atoms with van der Waals surface area (Å²) in [6.45, 7) is 1.95. The first kappa shape index (κ1) is 8.16. The van der Waals surface area contributed by atoms with Crippen molar-refractivity contribution in [1.29, 1.82) is 0 Å². The van der Waals surface area contributed by atoms with Gasteiger partial charge in [0.25, 0.3) is 0 Å². The average molecular weight is 160 g/mol. The number of ketones is 1. The molecular weight excluding hydrogens is 147 g/mol. The largest absolute Gasteiger partial charge is 0.374 e. The molecule has 0 radical (unpaired) electrons. The fourth-order valence-corrected chi connectivity index (χ4v) is 1.50. The summed E-state index contributed by atoms with van der Waals surface area (Å²) in [5.41, 5.74) is 0. The zero-order valence-corrected chi connectivity index (χ0v) is 7.32. The minimum Gasteiger partial charge on any atom is -0.374 e. The second-order valence-electron chi connectivity index (χ2n) is 2.75. The topological polar surface area (TPSA) is 26.3 Å². The molecule has 0 aromatic rings. The van der Waals surface area contributed by atoms with Crippen LogP contribution in [0.2, 0.25) is 0 Å². The van der Waals surface area contributed by atoms with Crippen molar-refractivity contribution in [2.75, 3.05) is 6.16 Å². The predicted octanol–water partition coefficient (Wildman–Crippen LogP) is 0.998. The highest BCUT2D eigenvalue weighted by Gasteiger charge is 2.23. The molecule has 0 saturated carbocycles. The van der Waals surface area contributed by atoms with Crippen molar-refractivity contribution in [1.82, 2.24) is 0 Å². The average Bonchev–Trinajstić information content (AvgIpc) is 1.85. The van der Waals surface area contributed by atoms with Crippen molar-refractivity contribution < 1.29 is 9.53 Å². The highest BCUT2D eigenvalue weighted by molar-refractivity contribution is 7.16. The number of ether oxygens (including phenoxy) is 1. The maximum Gasteiger partial charge on any atom is 0.138 e. The molecule has 1 saturated heterocycles. The van der Waals surface area contributed by atoms with Gasteiger partial charge < -0.3 is 4.74 Å². The molecule has 0 N–H and O–H groups in total. The van der Waals surface area contributed by atoms with Crippen LogP contribution in [-0.2, 0) is 9.53 Å². The van der Waals surface area contributed by atoms with Gasteiger partial charge in [0.05, 0.1) is 12.2 Å². The van der Waals surface area contributed by atoms with Gasteiger partial charge in [0, 0.05) is 12.8 Å². The van der Waals surface area contributed by atoms with Crippen LogP contribution in [0.25, 0.3) is 0 Å². The number of hydrogen-bond donors (Lipinski definition) is 0. The van der Waals surface area contributed by atoms with Gasteiger partial charge in [0.1, 0.15) is 5.78 Å². The predicted molar refractivity (Wildman–Crippen MR) is 43.2 cm³/mol. The summed E-state index contributed by atoms with van der Waals surface area (Å²) in [7, 11) is 2.60. The Labute approximate surface area is 63.5 Å². The Morgan fingerprint density at radius 2 is 2.40 bits per heavy atom. The van der Waals surface area contributed by atoms with Crippen LogP contribution < -0.4 is 0 Å². The van der Waals surface area contributed by atoms with Crippen LogP contribution in [0.3, 0.4) is 0 Å². The van der Waals surface area contributed by atoms with Crippen LogP contribution in [0.1, 0.15) is 19.8 Å². The summed E-state index contributed by atoms with van der Waals surface area (Å²) in [6, 6.07) is 0. The second-order valence-corrected chi connectivity index (χ2v) is 3.22. The molecule has 0 bridgehead atoms. The lowest BCUT2D eigenvalue weighted by molar-refractivity contribution is -0.132. The van der Waals surface area contributed by atoms with E-state index >= 15 is 0 Å². The van der Waals surface area contributed by atoms with Crippen LogP contribution in [-0.4, -0.2) is 24.2 Å². The molecule has 1 rings (SSSR count). The molecule has 0 amide bonds. The molecular formula is C7H13O2P. The number of carbonyl (C=O) groups is 1. The molecule has 0 aliphatic carbocycles. The molecule has 0 aromatic carbocycles. The molecule has 2 nitrogen and oxygen atoms in total. The van der Waals surface area contributed by atoms with E-state index in [0.29, 0.717) is 18.6 Å². The SMILES string of the molecule is CC1CC(=O)CC(CP)O1. The first-order chi connectivity index (χ1) is 4.72. The second kappa shape index (κ2) is 3.45. The first-order valence-corrected chi connectivity index (χ1v) is 4.41. The Kier molecular flexibility index (Phi) is 2.82. The molecule has 58 valence electrons. The van der Waals surface area contributed by atoms with Gasteiger partial charge in [-0.1, -0.05) is 0 Å². The van der Waals surface area contributed by atoms with Crippen molar-refractivity contribution in [2.45, 2.75) is 32.0 Å². The third-order valence-corrected chi connectivity index (χ3v) is 2.18. The number of carbonyl (C=O) groups excluding carboxylic acids is 1. The lowest BCUT2D eigenvalue weighted by atomic mass is 10.0. The highest BCUT2D eigenvalue weighted by Crippen LogP contribution is 2.16. The minimum absolute atomic E-state index is 0.131. The monoisotopic (exact) mass is 160 g/mol. The zero-order valence-electron chi connectivity index (χ0n) is 6.17. The van der Waals surface area contributed by atoms with Gasteiger partial charge in [-0.2, -0.15) is 0 Å². The van der Waals surface area contributed by atoms with Gasteiger partial charge >= 0.3 is 0 Å². The fourth-order valence-electron chi connectivity index (χ4n) is 1.22. The van der Waals surface area contributed by atoms with Crippen LogP contribution in [0.4, 0.5) is 0 Å². The summed E-state index contributed by atoms with van der Waals surface area (Å²) in [4.78, 5) is 11.0. The maximum atomic E-state index is 11.0. The highest BCUT2D eigenvalue weighted by atomic mass is 31.0. The van der Waals surface area contributed by atoms with E-state index in [2.05, 4.69) is 9.24 Å². The molecule has 0 aromatic heterocycles. The molecule has 0 spiro atoms. The molecule has 1 fully saturated rings. The van der Waals surface area contributed by atoms with Crippen molar-refractivity contribution >= 4 is 15.0 Å². The molecule has 1 heterocycles. The van der Waals surface area contributed by atoms with Crippen molar-refractivity contribution in [3.8, 4) is 0 Å². The molecule has 1 aliphatic heterocycles. The van der Waals surface area contributed by atoms with Crippen LogP contribution in [0.5, 0.6) is 0 Å². The third-order valence-electron chi connectivity index (χ3n) is 1.66. The summed E-state index contributed by atoms with van der Waals surface area (Å²) in [6.07, 6.45) is 2.36. The van der Waals surface area contributed by atoms with E-state index in [-0.39, 0.29) is 12.2 Å². The van der Waals surface area contributed by atoms with Crippen LogP contribution >= 0.6 is 9.24 Å². The summed E-state index contributed by atoms with van der Waals surface area (Å²) < 4.78 is 5.46. The smallest absolute Gasteiger partial charge is 0.138 e. The Bertz CT molecular complexity index is 136. The van der Waals surface area contributed by atoms with Crippen molar-refractivity contribution in [3.05, 3.63) is 0 Å². The summed E-state index contributed by atoms with van der Waals surface area (Å²) >= 11 is 0. The summed E-state index contributed by atoms with van der Waals surface area (Å²) in [5, 5.41) is 0. The zero-order chi connectivity index (χ0) is 7.56. The summed E-state index contributed by atoms with van der Waals surface area (Å²) in [5.74, 6) is 0.339. The van der Waals surface area contributed by atoms with E-state index in [1.54, 1.807) is 0 Å². The van der Waals surface area contributed by atoms with E-state index in [1.807, 2.05) is 6.92 Å². The van der Waals surface area contributed by atoms with E-state index in [9.17, 15) is 4.79 Å². The molecule has 3 heteroatoms.